The van der Waals surface area contributed by atoms with Gasteiger partial charge in [0.1, 0.15) is 4.83 Å². The van der Waals surface area contributed by atoms with Gasteiger partial charge in [0.05, 0.1) is 17.7 Å². The summed E-state index contributed by atoms with van der Waals surface area (Å²) in [6.07, 6.45) is 4.85. The van der Waals surface area contributed by atoms with Gasteiger partial charge in [-0.25, -0.2) is 4.79 Å². The highest BCUT2D eigenvalue weighted by Gasteiger charge is 2.49. The van der Waals surface area contributed by atoms with Crippen molar-refractivity contribution in [1.29, 1.82) is 0 Å². The Morgan fingerprint density at radius 2 is 1.70 bits per heavy atom. The number of carboxylic acid groups (broad SMARTS) is 1. The van der Waals surface area contributed by atoms with Crippen LogP contribution in [0.1, 0.15) is 80.5 Å². The van der Waals surface area contributed by atoms with E-state index in [9.17, 15) is 14.7 Å². The monoisotopic (exact) mass is 557 g/mol. The number of thiophene rings is 1. The molecule has 0 aliphatic heterocycles. The fraction of sp³-hybridized carbons (Fsp3) is 0.412. The van der Waals surface area contributed by atoms with Gasteiger partial charge in [-0.2, -0.15) is 0 Å². The molecule has 1 atom stereocenters. The zero-order valence-corrected chi connectivity index (χ0v) is 25.0. The molecule has 0 saturated carbocycles. The first kappa shape index (κ1) is 28.3. The molecule has 4 aromatic rings. The summed E-state index contributed by atoms with van der Waals surface area (Å²) in [6, 6.07) is 18.1. The molecule has 2 heterocycles. The lowest BCUT2D eigenvalue weighted by Crippen LogP contribution is -2.49. The van der Waals surface area contributed by atoms with Crippen LogP contribution in [0.2, 0.25) is 0 Å². The van der Waals surface area contributed by atoms with Gasteiger partial charge in [-0.1, -0.05) is 73.5 Å². The van der Waals surface area contributed by atoms with Crippen LogP contribution in [0, 0.1) is 6.92 Å². The summed E-state index contributed by atoms with van der Waals surface area (Å²) in [7, 11) is 0. The molecule has 6 heteroatoms. The van der Waals surface area contributed by atoms with Crippen LogP contribution in [0.25, 0.3) is 21.3 Å². The number of aliphatic carboxylic acids is 1. The summed E-state index contributed by atoms with van der Waals surface area (Å²) in [6.45, 7) is 9.93. The summed E-state index contributed by atoms with van der Waals surface area (Å²) < 4.78 is 8.36. The maximum atomic E-state index is 14.9. The van der Waals surface area contributed by atoms with Gasteiger partial charge in [0.15, 0.2) is 5.60 Å². The smallest absolute Gasteiger partial charge is 0.340 e. The summed E-state index contributed by atoms with van der Waals surface area (Å²) in [5.74, 6) is -1.12. The molecule has 2 aromatic heterocycles. The molecule has 0 fully saturated rings. The van der Waals surface area contributed by atoms with Gasteiger partial charge >= 0.3 is 5.97 Å². The third kappa shape index (κ3) is 5.15. The Balaban J connectivity index is 1.99. The largest absolute Gasteiger partial charge is 0.479 e. The van der Waals surface area contributed by atoms with Crippen molar-refractivity contribution >= 4 is 27.5 Å². The summed E-state index contributed by atoms with van der Waals surface area (Å²) >= 11 is 1.70. The van der Waals surface area contributed by atoms with Crippen LogP contribution < -0.4 is 5.56 Å². The quantitative estimate of drug-likeness (QED) is 0.239. The topological polar surface area (TPSA) is 68.5 Å². The average molecular weight is 558 g/mol. The van der Waals surface area contributed by atoms with Crippen LogP contribution in [0.4, 0.5) is 0 Å². The van der Waals surface area contributed by atoms with Crippen LogP contribution in [0.5, 0.6) is 0 Å². The fourth-order valence-electron chi connectivity index (χ4n) is 6.11. The lowest BCUT2D eigenvalue weighted by atomic mass is 9.81. The number of aryl methyl sites for hydroxylation is 3. The van der Waals surface area contributed by atoms with Crippen LogP contribution in [0.15, 0.2) is 59.4 Å². The Hall–Kier alpha value is -3.22. The van der Waals surface area contributed by atoms with E-state index in [0.29, 0.717) is 13.0 Å². The highest BCUT2D eigenvalue weighted by atomic mass is 32.1. The van der Waals surface area contributed by atoms with Gasteiger partial charge in [-0.3, -0.25) is 9.36 Å². The van der Waals surface area contributed by atoms with Gasteiger partial charge in [0, 0.05) is 15.8 Å². The molecule has 0 spiro atoms. The maximum Gasteiger partial charge on any atom is 0.340 e. The van der Waals surface area contributed by atoms with E-state index in [2.05, 4.69) is 0 Å². The molecule has 0 amide bonds. The van der Waals surface area contributed by atoms with Crippen molar-refractivity contribution in [2.75, 3.05) is 0 Å². The first-order valence-corrected chi connectivity index (χ1v) is 15.1. The molecule has 1 aliphatic rings. The van der Waals surface area contributed by atoms with Gasteiger partial charge in [-0.05, 0) is 76.5 Å². The standard InChI is InChI=1S/C34H39NO4S/c1-6-20-34(32(37)38,39-33(3,4)5)29-27(24-18-16-22(2)17-19-24)28-25-14-10-11-15-26(25)40-31(28)35(30(29)36)21-23-12-8-7-9-13-23/h7-9,12-13,16-19H,6,10-11,14-15,20-21H2,1-5H3,(H,37,38). The Morgan fingerprint density at radius 3 is 2.33 bits per heavy atom. The van der Waals surface area contributed by atoms with Crippen molar-refractivity contribution < 1.29 is 14.6 Å². The molecule has 5 rings (SSSR count). The molecule has 0 bridgehead atoms. The summed E-state index contributed by atoms with van der Waals surface area (Å²) in [5, 5.41) is 12.0. The highest BCUT2D eigenvalue weighted by molar-refractivity contribution is 7.19. The van der Waals surface area contributed by atoms with Crippen molar-refractivity contribution in [3.05, 3.63) is 92.1 Å². The zero-order valence-electron chi connectivity index (χ0n) is 24.2. The van der Waals surface area contributed by atoms with Crippen molar-refractivity contribution in [1.82, 2.24) is 4.57 Å². The number of pyridine rings is 1. The normalized spacial score (nSPS) is 15.1. The molecule has 5 nitrogen and oxygen atoms in total. The number of carboxylic acids is 1. The number of hydrogen-bond acceptors (Lipinski definition) is 4. The van der Waals surface area contributed by atoms with E-state index in [1.54, 1.807) is 11.3 Å². The summed E-state index contributed by atoms with van der Waals surface area (Å²) in [4.78, 5) is 30.6. The van der Waals surface area contributed by atoms with Crippen molar-refractivity contribution in [2.45, 2.75) is 90.9 Å². The van der Waals surface area contributed by atoms with E-state index in [-0.39, 0.29) is 17.5 Å². The molecule has 210 valence electrons. The van der Waals surface area contributed by atoms with E-state index in [4.69, 9.17) is 4.74 Å². The molecular formula is C34H39NO4S. The number of benzene rings is 2. The first-order chi connectivity index (χ1) is 19.1. The maximum absolute atomic E-state index is 14.9. The highest BCUT2D eigenvalue weighted by Crippen LogP contribution is 2.47. The van der Waals surface area contributed by atoms with Crippen LogP contribution in [-0.4, -0.2) is 21.2 Å². The first-order valence-electron chi connectivity index (χ1n) is 14.3. The van der Waals surface area contributed by atoms with Crippen LogP contribution >= 0.6 is 11.3 Å². The Labute approximate surface area is 240 Å². The van der Waals surface area contributed by atoms with Crippen LogP contribution in [-0.2, 0) is 34.5 Å². The van der Waals surface area contributed by atoms with E-state index < -0.39 is 17.2 Å². The molecule has 40 heavy (non-hydrogen) atoms. The van der Waals surface area contributed by atoms with Crippen molar-refractivity contribution in [2.24, 2.45) is 0 Å². The van der Waals surface area contributed by atoms with Crippen molar-refractivity contribution in [3.63, 3.8) is 0 Å². The zero-order chi connectivity index (χ0) is 28.7. The average Bonchev–Trinajstić information content (AvgIpc) is 3.29. The Bertz CT molecular complexity index is 1590. The minimum absolute atomic E-state index is 0.191. The Morgan fingerprint density at radius 1 is 1.02 bits per heavy atom. The van der Waals surface area contributed by atoms with Gasteiger partial charge < -0.3 is 9.84 Å². The molecule has 2 aromatic carbocycles. The second kappa shape index (κ2) is 11.0. The molecular weight excluding hydrogens is 518 g/mol. The minimum atomic E-state index is -1.81. The number of fused-ring (bicyclic) bond motifs is 3. The minimum Gasteiger partial charge on any atom is -0.479 e. The molecule has 1 N–H and O–H groups in total. The fourth-order valence-corrected chi connectivity index (χ4v) is 7.50. The van der Waals surface area contributed by atoms with E-state index in [1.165, 1.54) is 10.4 Å². The second-order valence-corrected chi connectivity index (χ2v) is 13.1. The molecule has 1 aliphatic carbocycles. The third-order valence-electron chi connectivity index (χ3n) is 7.71. The van der Waals surface area contributed by atoms with Gasteiger partial charge in [-0.15, -0.1) is 11.3 Å². The third-order valence-corrected chi connectivity index (χ3v) is 9.03. The number of nitrogens with zero attached hydrogens (tertiary/aromatic N) is 1. The number of hydrogen-bond donors (Lipinski definition) is 1. The molecule has 0 radical (unpaired) electrons. The van der Waals surface area contributed by atoms with Crippen LogP contribution in [0.3, 0.4) is 0 Å². The summed E-state index contributed by atoms with van der Waals surface area (Å²) in [5.41, 5.74) is 2.31. The number of carbonyl (C=O) groups is 1. The van der Waals surface area contributed by atoms with E-state index in [1.807, 2.05) is 93.8 Å². The predicted octanol–water partition coefficient (Wildman–Crippen LogP) is 7.86. The number of aromatic nitrogens is 1. The lowest BCUT2D eigenvalue weighted by Gasteiger charge is -2.37. The van der Waals surface area contributed by atoms with Gasteiger partial charge in [0.2, 0.25) is 0 Å². The Kier molecular flexibility index (Phi) is 7.77. The number of ether oxygens (including phenoxy) is 1. The van der Waals surface area contributed by atoms with Crippen molar-refractivity contribution in [3.8, 4) is 11.1 Å². The van der Waals surface area contributed by atoms with E-state index in [0.717, 1.165) is 58.2 Å². The molecule has 0 saturated heterocycles. The SMILES string of the molecule is CCCC(OC(C)(C)C)(C(=O)O)c1c(-c2ccc(C)cc2)c2c3c(sc2n(Cc2ccccc2)c1=O)CCCC3. The predicted molar refractivity (Wildman–Crippen MR) is 164 cm³/mol. The number of rotatable bonds is 8. The second-order valence-electron chi connectivity index (χ2n) is 12.0. The van der Waals surface area contributed by atoms with Gasteiger partial charge in [0.25, 0.3) is 5.56 Å². The molecule has 1 unspecified atom stereocenters. The van der Waals surface area contributed by atoms with E-state index >= 15 is 0 Å². The lowest BCUT2D eigenvalue weighted by molar-refractivity contribution is -0.190.